The van der Waals surface area contributed by atoms with Gasteiger partial charge in [0.25, 0.3) is 0 Å². The smallest absolute Gasteiger partial charge is 0.211 e. The highest BCUT2D eigenvalue weighted by Crippen LogP contribution is 2.18. The zero-order valence-electron chi connectivity index (χ0n) is 17.5. The molecule has 0 aromatic carbocycles. The maximum atomic E-state index is 13.0. The molecule has 0 bridgehead atoms. The molecule has 1 atom stereocenters. The first-order valence-corrected chi connectivity index (χ1v) is 12.4. The molecule has 154 valence electrons. The third kappa shape index (κ3) is 11.2. The summed E-state index contributed by atoms with van der Waals surface area (Å²) in [5.74, 6) is 0. The Labute approximate surface area is 163 Å². The van der Waals surface area contributed by atoms with Crippen LogP contribution < -0.4 is 0 Å². The van der Waals surface area contributed by atoms with Crippen molar-refractivity contribution in [2.24, 2.45) is 0 Å². The fraction of sp³-hybridized carbons (Fsp3) is 0.952. The number of nitrogens with zero attached hydrogens (tertiary/aromatic N) is 2. The summed E-state index contributed by atoms with van der Waals surface area (Å²) < 4.78 is 27.6. The molecule has 0 N–H and O–H groups in total. The van der Waals surface area contributed by atoms with Crippen molar-refractivity contribution in [1.29, 1.82) is 5.26 Å². The standard InChI is InChI=1S/C21H42N2O2S/c1-4-7-10-13-14-17-21(20-22)26(24,25)23(18-15-11-8-5-2)19-16-12-9-6-3/h21H,4-19H2,1-3H3. The molecule has 0 saturated heterocycles. The fourth-order valence-electron chi connectivity index (χ4n) is 3.19. The van der Waals surface area contributed by atoms with Gasteiger partial charge in [0.2, 0.25) is 10.0 Å². The van der Waals surface area contributed by atoms with Crippen molar-refractivity contribution in [3.05, 3.63) is 0 Å². The van der Waals surface area contributed by atoms with Crippen molar-refractivity contribution < 1.29 is 8.42 Å². The van der Waals surface area contributed by atoms with Gasteiger partial charge in [-0.2, -0.15) is 5.26 Å². The SMILES string of the molecule is CCCCCCCC(C#N)S(=O)(=O)N(CCCCCC)CCCCCC. The summed E-state index contributed by atoms with van der Waals surface area (Å²) in [6.07, 6.45) is 14.3. The monoisotopic (exact) mass is 386 g/mol. The molecule has 0 aromatic rings. The van der Waals surface area contributed by atoms with E-state index in [4.69, 9.17) is 0 Å². The Morgan fingerprint density at radius 3 is 1.58 bits per heavy atom. The minimum absolute atomic E-state index is 0.475. The predicted molar refractivity (Wildman–Crippen MR) is 112 cm³/mol. The minimum Gasteiger partial charge on any atom is -0.211 e. The molecular weight excluding hydrogens is 344 g/mol. The summed E-state index contributed by atoms with van der Waals surface area (Å²) in [6, 6.07) is 2.09. The summed E-state index contributed by atoms with van der Waals surface area (Å²) in [6.45, 7) is 7.62. The molecule has 0 aromatic heterocycles. The normalized spacial score (nSPS) is 13.0. The van der Waals surface area contributed by atoms with Gasteiger partial charge in [-0.3, -0.25) is 0 Å². The van der Waals surface area contributed by atoms with E-state index in [1.165, 1.54) is 12.8 Å². The Bertz CT molecular complexity index is 445. The number of unbranched alkanes of at least 4 members (excludes halogenated alkanes) is 10. The average Bonchev–Trinajstić information content (AvgIpc) is 2.63. The van der Waals surface area contributed by atoms with Crippen molar-refractivity contribution in [3.8, 4) is 6.07 Å². The summed E-state index contributed by atoms with van der Waals surface area (Å²) in [4.78, 5) is 0. The Kier molecular flexibility index (Phi) is 16.2. The van der Waals surface area contributed by atoms with E-state index in [2.05, 4.69) is 26.8 Å². The molecule has 26 heavy (non-hydrogen) atoms. The van der Waals surface area contributed by atoms with Crippen LogP contribution in [0.3, 0.4) is 0 Å². The first-order valence-electron chi connectivity index (χ1n) is 10.9. The van der Waals surface area contributed by atoms with E-state index in [-0.39, 0.29) is 0 Å². The Hall–Kier alpha value is -0.600. The lowest BCUT2D eigenvalue weighted by Crippen LogP contribution is -2.39. The van der Waals surface area contributed by atoms with Crippen molar-refractivity contribution in [1.82, 2.24) is 4.31 Å². The number of hydrogen-bond donors (Lipinski definition) is 0. The predicted octanol–water partition coefficient (Wildman–Crippen LogP) is 6.03. The molecule has 0 aliphatic carbocycles. The average molecular weight is 387 g/mol. The lowest BCUT2D eigenvalue weighted by Gasteiger charge is -2.25. The second kappa shape index (κ2) is 16.6. The molecular formula is C21H42N2O2S. The number of hydrogen-bond acceptors (Lipinski definition) is 3. The van der Waals surface area contributed by atoms with Gasteiger partial charge in [-0.25, -0.2) is 12.7 Å². The number of rotatable bonds is 18. The summed E-state index contributed by atoms with van der Waals surface area (Å²) in [5.41, 5.74) is 0. The summed E-state index contributed by atoms with van der Waals surface area (Å²) in [7, 11) is -3.51. The van der Waals surface area contributed by atoms with E-state index in [0.717, 1.165) is 70.6 Å². The van der Waals surface area contributed by atoms with Crippen molar-refractivity contribution in [2.45, 2.75) is 116 Å². The van der Waals surface area contributed by atoms with Crippen LogP contribution in [0.15, 0.2) is 0 Å². The zero-order valence-corrected chi connectivity index (χ0v) is 18.3. The van der Waals surface area contributed by atoms with Gasteiger partial charge in [0.05, 0.1) is 6.07 Å². The lowest BCUT2D eigenvalue weighted by atomic mass is 10.1. The topological polar surface area (TPSA) is 61.2 Å². The molecule has 0 fully saturated rings. The van der Waals surface area contributed by atoms with Crippen LogP contribution in [0, 0.1) is 11.3 Å². The molecule has 0 radical (unpaired) electrons. The van der Waals surface area contributed by atoms with Crippen LogP contribution in [0.2, 0.25) is 0 Å². The second-order valence-electron chi connectivity index (χ2n) is 7.39. The van der Waals surface area contributed by atoms with Gasteiger partial charge < -0.3 is 0 Å². The van der Waals surface area contributed by atoms with E-state index in [1.54, 1.807) is 4.31 Å². The van der Waals surface area contributed by atoms with Crippen LogP contribution in [0.25, 0.3) is 0 Å². The summed E-state index contributed by atoms with van der Waals surface area (Å²) >= 11 is 0. The molecule has 0 amide bonds. The minimum atomic E-state index is -3.51. The fourth-order valence-corrected chi connectivity index (χ4v) is 4.91. The Morgan fingerprint density at radius 2 is 1.15 bits per heavy atom. The number of sulfonamides is 1. The van der Waals surface area contributed by atoms with E-state index in [1.807, 2.05) is 0 Å². The van der Waals surface area contributed by atoms with Crippen LogP contribution in [-0.2, 0) is 10.0 Å². The molecule has 0 heterocycles. The molecule has 1 unspecified atom stereocenters. The second-order valence-corrected chi connectivity index (χ2v) is 9.50. The highest BCUT2D eigenvalue weighted by atomic mass is 32.2. The Balaban J connectivity index is 4.73. The maximum absolute atomic E-state index is 13.0. The van der Waals surface area contributed by atoms with Gasteiger partial charge in [0.1, 0.15) is 0 Å². The molecule has 5 heteroatoms. The summed E-state index contributed by atoms with van der Waals surface area (Å²) in [5, 5.41) is 8.60. The van der Waals surface area contributed by atoms with Gasteiger partial charge in [0, 0.05) is 13.1 Å². The van der Waals surface area contributed by atoms with E-state index in [9.17, 15) is 13.7 Å². The first-order chi connectivity index (χ1) is 12.5. The van der Waals surface area contributed by atoms with Crippen LogP contribution in [-0.4, -0.2) is 31.1 Å². The Morgan fingerprint density at radius 1 is 0.731 bits per heavy atom. The molecule has 0 aliphatic rings. The molecule has 4 nitrogen and oxygen atoms in total. The molecule has 0 rings (SSSR count). The van der Waals surface area contributed by atoms with Gasteiger partial charge in [-0.15, -0.1) is 0 Å². The lowest BCUT2D eigenvalue weighted by molar-refractivity contribution is 0.381. The largest absolute Gasteiger partial charge is 0.230 e. The van der Waals surface area contributed by atoms with E-state index < -0.39 is 15.3 Å². The van der Waals surface area contributed by atoms with Gasteiger partial charge >= 0.3 is 0 Å². The third-order valence-corrected chi connectivity index (χ3v) is 7.10. The van der Waals surface area contributed by atoms with Crippen LogP contribution in [0.1, 0.15) is 111 Å². The van der Waals surface area contributed by atoms with Crippen LogP contribution >= 0.6 is 0 Å². The van der Waals surface area contributed by atoms with Crippen LogP contribution in [0.5, 0.6) is 0 Å². The van der Waals surface area contributed by atoms with Crippen molar-refractivity contribution in [3.63, 3.8) is 0 Å². The van der Waals surface area contributed by atoms with Crippen molar-refractivity contribution >= 4 is 10.0 Å². The first kappa shape index (κ1) is 25.4. The molecule has 0 aliphatic heterocycles. The molecule has 0 saturated carbocycles. The highest BCUT2D eigenvalue weighted by molar-refractivity contribution is 7.90. The van der Waals surface area contributed by atoms with Gasteiger partial charge in [-0.1, -0.05) is 91.4 Å². The van der Waals surface area contributed by atoms with E-state index >= 15 is 0 Å². The maximum Gasteiger partial charge on any atom is 0.230 e. The third-order valence-electron chi connectivity index (χ3n) is 4.96. The van der Waals surface area contributed by atoms with Crippen LogP contribution in [0.4, 0.5) is 0 Å². The van der Waals surface area contributed by atoms with Gasteiger partial charge in [-0.05, 0) is 19.3 Å². The van der Waals surface area contributed by atoms with Gasteiger partial charge in [0.15, 0.2) is 5.25 Å². The van der Waals surface area contributed by atoms with Crippen molar-refractivity contribution in [2.75, 3.05) is 13.1 Å². The van der Waals surface area contributed by atoms with E-state index in [0.29, 0.717) is 19.5 Å². The molecule has 0 spiro atoms. The zero-order chi connectivity index (χ0) is 19.7. The quantitative estimate of drug-likeness (QED) is 0.270. The number of nitriles is 1. The highest BCUT2D eigenvalue weighted by Gasteiger charge is 2.31.